The molecular formula is C19H29N3O5S2. The van der Waals surface area contributed by atoms with Gasteiger partial charge in [-0.15, -0.1) is 0 Å². The number of hydrogen-bond acceptors (Lipinski definition) is 6. The van der Waals surface area contributed by atoms with Gasteiger partial charge < -0.3 is 24.4 Å². The monoisotopic (exact) mass is 443 g/mol. The molecule has 2 aliphatic rings. The van der Waals surface area contributed by atoms with E-state index < -0.39 is 10.0 Å². The molecule has 1 N–H and O–H groups in total. The number of nitrogens with one attached hydrogen (secondary N) is 1. The van der Waals surface area contributed by atoms with Crippen molar-refractivity contribution in [1.29, 1.82) is 0 Å². The van der Waals surface area contributed by atoms with Crippen LogP contribution in [0, 0.1) is 0 Å². The first-order valence-corrected chi connectivity index (χ1v) is 11.9. The fourth-order valence-corrected chi connectivity index (χ4v) is 4.93. The highest BCUT2D eigenvalue weighted by atomic mass is 32.2. The molecule has 0 spiro atoms. The maximum atomic E-state index is 13.1. The van der Waals surface area contributed by atoms with Gasteiger partial charge in [0.15, 0.2) is 16.6 Å². The van der Waals surface area contributed by atoms with Gasteiger partial charge in [0.1, 0.15) is 0 Å². The van der Waals surface area contributed by atoms with Crippen molar-refractivity contribution < 1.29 is 22.6 Å². The molecule has 0 amide bonds. The Hall–Kier alpha value is -1.62. The fraction of sp³-hybridized carbons (Fsp3) is 0.632. The van der Waals surface area contributed by atoms with Gasteiger partial charge in [-0.3, -0.25) is 0 Å². The molecule has 3 rings (SSSR count). The number of piperazine rings is 1. The van der Waals surface area contributed by atoms with Crippen LogP contribution in [0.1, 0.15) is 19.8 Å². The number of rotatable bonds is 7. The third-order valence-corrected chi connectivity index (χ3v) is 7.13. The van der Waals surface area contributed by atoms with Crippen molar-refractivity contribution in [1.82, 2.24) is 14.5 Å². The summed E-state index contributed by atoms with van der Waals surface area (Å²) in [6.07, 6.45) is 1.66. The van der Waals surface area contributed by atoms with Crippen molar-refractivity contribution >= 4 is 27.4 Å². The van der Waals surface area contributed by atoms with E-state index in [0.717, 1.165) is 19.4 Å². The van der Waals surface area contributed by atoms with E-state index in [1.165, 1.54) is 4.31 Å². The van der Waals surface area contributed by atoms with E-state index >= 15 is 0 Å². The first-order chi connectivity index (χ1) is 14.0. The zero-order chi connectivity index (χ0) is 20.7. The van der Waals surface area contributed by atoms with E-state index in [1.54, 1.807) is 18.2 Å². The Morgan fingerprint density at radius 2 is 1.90 bits per heavy atom. The van der Waals surface area contributed by atoms with Crippen LogP contribution < -0.4 is 14.8 Å². The van der Waals surface area contributed by atoms with Crippen LogP contribution in [0.5, 0.6) is 11.5 Å². The molecule has 0 aromatic heterocycles. The normalized spacial score (nSPS) is 17.6. The predicted octanol–water partition coefficient (Wildman–Crippen LogP) is 1.46. The van der Waals surface area contributed by atoms with Crippen LogP contribution in [0.3, 0.4) is 0 Å². The van der Waals surface area contributed by atoms with Crippen LogP contribution >= 0.6 is 12.2 Å². The lowest BCUT2D eigenvalue weighted by Gasteiger charge is -2.35. The topological polar surface area (TPSA) is 80.3 Å². The van der Waals surface area contributed by atoms with Gasteiger partial charge in [0.25, 0.3) is 0 Å². The highest BCUT2D eigenvalue weighted by molar-refractivity contribution is 7.89. The molecular weight excluding hydrogens is 414 g/mol. The Bertz CT molecular complexity index is 795. The summed E-state index contributed by atoms with van der Waals surface area (Å²) in [7, 11) is -3.59. The van der Waals surface area contributed by atoms with Crippen molar-refractivity contribution in [3.05, 3.63) is 18.2 Å². The van der Waals surface area contributed by atoms with E-state index in [2.05, 4.69) is 5.32 Å². The van der Waals surface area contributed by atoms with Gasteiger partial charge >= 0.3 is 0 Å². The molecule has 0 bridgehead atoms. The fourth-order valence-electron chi connectivity index (χ4n) is 3.21. The molecule has 29 heavy (non-hydrogen) atoms. The van der Waals surface area contributed by atoms with E-state index in [1.807, 2.05) is 11.8 Å². The van der Waals surface area contributed by atoms with Crippen molar-refractivity contribution in [3.8, 4) is 11.5 Å². The summed E-state index contributed by atoms with van der Waals surface area (Å²) in [6.45, 7) is 7.10. The van der Waals surface area contributed by atoms with Crippen LogP contribution in [-0.2, 0) is 14.8 Å². The summed E-state index contributed by atoms with van der Waals surface area (Å²) in [5.41, 5.74) is 0. The quantitative estimate of drug-likeness (QED) is 0.501. The molecule has 162 valence electrons. The van der Waals surface area contributed by atoms with Crippen molar-refractivity contribution in [3.63, 3.8) is 0 Å². The van der Waals surface area contributed by atoms with Crippen LogP contribution in [0.25, 0.3) is 0 Å². The molecule has 8 nitrogen and oxygen atoms in total. The molecule has 0 saturated carbocycles. The van der Waals surface area contributed by atoms with Crippen LogP contribution in [-0.4, -0.2) is 81.9 Å². The summed E-state index contributed by atoms with van der Waals surface area (Å²) in [5, 5.41) is 3.88. The number of benzene rings is 1. The lowest BCUT2D eigenvalue weighted by Crippen LogP contribution is -2.53. The Balaban J connectivity index is 1.54. The molecule has 10 heteroatoms. The molecule has 0 unspecified atom stereocenters. The number of fused-ring (bicyclic) bond motifs is 1. The third kappa shape index (κ3) is 5.71. The Morgan fingerprint density at radius 1 is 1.17 bits per heavy atom. The van der Waals surface area contributed by atoms with Crippen molar-refractivity contribution in [2.45, 2.75) is 24.7 Å². The van der Waals surface area contributed by atoms with Crippen molar-refractivity contribution in [2.75, 3.05) is 59.2 Å². The number of thiocarbonyl (C=S) groups is 1. The molecule has 0 aliphatic carbocycles. The SMILES string of the molecule is CCOCCCNC(=S)N1CCN(S(=O)(=O)c2ccc3c(c2)OCCCO3)CC1. The molecule has 2 aliphatic heterocycles. The molecule has 1 aromatic rings. The summed E-state index contributed by atoms with van der Waals surface area (Å²) in [4.78, 5) is 2.24. The van der Waals surface area contributed by atoms with Gasteiger partial charge in [-0.25, -0.2) is 8.42 Å². The molecule has 1 aromatic carbocycles. The maximum Gasteiger partial charge on any atom is 0.243 e. The second kappa shape index (κ2) is 10.4. The number of ether oxygens (including phenoxy) is 3. The zero-order valence-corrected chi connectivity index (χ0v) is 18.4. The highest BCUT2D eigenvalue weighted by Crippen LogP contribution is 2.33. The van der Waals surface area contributed by atoms with Gasteiger partial charge in [-0.1, -0.05) is 0 Å². The second-order valence-corrected chi connectivity index (χ2v) is 9.16. The van der Waals surface area contributed by atoms with Gasteiger partial charge in [-0.05, 0) is 37.7 Å². The molecule has 0 atom stereocenters. The van der Waals surface area contributed by atoms with E-state index in [4.69, 9.17) is 26.4 Å². The average Bonchev–Trinajstić information content (AvgIpc) is 2.98. The van der Waals surface area contributed by atoms with Crippen molar-refractivity contribution in [2.24, 2.45) is 0 Å². The summed E-state index contributed by atoms with van der Waals surface area (Å²) in [5.74, 6) is 1.08. The second-order valence-electron chi connectivity index (χ2n) is 6.83. The molecule has 1 fully saturated rings. The minimum Gasteiger partial charge on any atom is -0.490 e. The third-order valence-electron chi connectivity index (χ3n) is 4.83. The molecule has 1 saturated heterocycles. The Kier molecular flexibility index (Phi) is 7.93. The summed E-state index contributed by atoms with van der Waals surface area (Å²) >= 11 is 5.43. The van der Waals surface area contributed by atoms with E-state index in [0.29, 0.717) is 69.2 Å². The first kappa shape index (κ1) is 22.1. The summed E-state index contributed by atoms with van der Waals surface area (Å²) in [6, 6.07) is 4.82. The molecule has 0 radical (unpaired) electrons. The number of hydrogen-bond donors (Lipinski definition) is 1. The minimum absolute atomic E-state index is 0.229. The Labute approximate surface area is 178 Å². The lowest BCUT2D eigenvalue weighted by molar-refractivity contribution is 0.145. The first-order valence-electron chi connectivity index (χ1n) is 10.0. The largest absolute Gasteiger partial charge is 0.490 e. The highest BCUT2D eigenvalue weighted by Gasteiger charge is 2.30. The zero-order valence-electron chi connectivity index (χ0n) is 16.8. The van der Waals surface area contributed by atoms with Crippen LogP contribution in [0.15, 0.2) is 23.1 Å². The van der Waals surface area contributed by atoms with E-state index in [9.17, 15) is 8.42 Å². The van der Waals surface area contributed by atoms with Gasteiger partial charge in [0, 0.05) is 58.4 Å². The predicted molar refractivity (Wildman–Crippen MR) is 114 cm³/mol. The standard InChI is InChI=1S/C19H29N3O5S2/c1-2-25-12-3-7-20-19(28)21-8-10-22(11-9-21)29(23,24)16-5-6-17-18(15-16)27-14-4-13-26-17/h5-6,15H,2-4,7-14H2,1H3,(H,20,28). The molecule has 2 heterocycles. The van der Waals surface area contributed by atoms with Gasteiger partial charge in [-0.2, -0.15) is 4.31 Å². The summed E-state index contributed by atoms with van der Waals surface area (Å²) < 4.78 is 44.1. The van der Waals surface area contributed by atoms with Crippen LogP contribution in [0.2, 0.25) is 0 Å². The average molecular weight is 444 g/mol. The number of nitrogens with zero attached hydrogens (tertiary/aromatic N) is 2. The smallest absolute Gasteiger partial charge is 0.243 e. The van der Waals surface area contributed by atoms with Crippen LogP contribution in [0.4, 0.5) is 0 Å². The number of sulfonamides is 1. The maximum absolute atomic E-state index is 13.1. The Morgan fingerprint density at radius 3 is 2.62 bits per heavy atom. The lowest BCUT2D eigenvalue weighted by atomic mass is 10.3. The van der Waals surface area contributed by atoms with E-state index in [-0.39, 0.29) is 4.90 Å². The van der Waals surface area contributed by atoms with Gasteiger partial charge in [0.2, 0.25) is 10.0 Å². The minimum atomic E-state index is -3.59. The van der Waals surface area contributed by atoms with Gasteiger partial charge in [0.05, 0.1) is 18.1 Å².